The Kier molecular flexibility index (Phi) is 2.69. The normalized spacial score (nSPS) is 13.1. The zero-order valence-electron chi connectivity index (χ0n) is 10.2. The smallest absolute Gasteiger partial charge is 0.163 e. The van der Waals surface area contributed by atoms with Gasteiger partial charge >= 0.3 is 0 Å². The number of aliphatic hydroxyl groups is 1. The first-order chi connectivity index (χ1) is 8.65. The zero-order chi connectivity index (χ0) is 12.7. The monoisotopic (exact) mass is 259 g/mol. The van der Waals surface area contributed by atoms with E-state index >= 15 is 0 Å². The molecule has 18 heavy (non-hydrogen) atoms. The molecule has 2 aromatic heterocycles. The Morgan fingerprint density at radius 1 is 1.33 bits per heavy atom. The van der Waals surface area contributed by atoms with E-state index in [1.807, 2.05) is 43.5 Å². The maximum atomic E-state index is 10.3. The van der Waals surface area contributed by atoms with E-state index in [-0.39, 0.29) is 0 Å². The second-order valence-electron chi connectivity index (χ2n) is 4.37. The SMILES string of the molecule is Cc1csc(C(O)c2cc3cccc(C)c3o2)n1. The van der Waals surface area contributed by atoms with Crippen LogP contribution in [-0.2, 0) is 0 Å². The molecule has 3 aromatic rings. The highest BCUT2D eigenvalue weighted by atomic mass is 32.1. The van der Waals surface area contributed by atoms with Crippen molar-refractivity contribution in [2.45, 2.75) is 20.0 Å². The molecule has 1 atom stereocenters. The van der Waals surface area contributed by atoms with Gasteiger partial charge in [0.15, 0.2) is 6.10 Å². The highest BCUT2D eigenvalue weighted by Gasteiger charge is 2.18. The molecular weight excluding hydrogens is 246 g/mol. The molecule has 4 heteroatoms. The van der Waals surface area contributed by atoms with Crippen molar-refractivity contribution in [3.63, 3.8) is 0 Å². The first-order valence-corrected chi connectivity index (χ1v) is 6.62. The summed E-state index contributed by atoms with van der Waals surface area (Å²) in [5, 5.41) is 13.9. The van der Waals surface area contributed by atoms with Crippen molar-refractivity contribution in [3.05, 3.63) is 51.7 Å². The molecule has 0 saturated carbocycles. The molecule has 0 aliphatic rings. The predicted octanol–water partition coefficient (Wildman–Crippen LogP) is 3.59. The zero-order valence-corrected chi connectivity index (χ0v) is 11.0. The van der Waals surface area contributed by atoms with Crippen molar-refractivity contribution < 1.29 is 9.52 Å². The van der Waals surface area contributed by atoms with Crippen LogP contribution in [0.4, 0.5) is 0 Å². The molecule has 2 heterocycles. The molecule has 3 rings (SSSR count). The number of fused-ring (bicyclic) bond motifs is 1. The molecule has 0 aliphatic carbocycles. The molecule has 3 nitrogen and oxygen atoms in total. The lowest BCUT2D eigenvalue weighted by atomic mass is 10.2. The second-order valence-corrected chi connectivity index (χ2v) is 5.26. The van der Waals surface area contributed by atoms with Crippen LogP contribution in [0.1, 0.15) is 28.1 Å². The van der Waals surface area contributed by atoms with E-state index in [2.05, 4.69) is 4.98 Å². The quantitative estimate of drug-likeness (QED) is 0.765. The lowest BCUT2D eigenvalue weighted by Crippen LogP contribution is -1.96. The van der Waals surface area contributed by atoms with Gasteiger partial charge in [-0.3, -0.25) is 0 Å². The predicted molar refractivity (Wildman–Crippen MR) is 71.9 cm³/mol. The third kappa shape index (κ3) is 1.83. The van der Waals surface area contributed by atoms with Gasteiger partial charge < -0.3 is 9.52 Å². The molecule has 0 saturated heterocycles. The Morgan fingerprint density at radius 2 is 2.17 bits per heavy atom. The van der Waals surface area contributed by atoms with Gasteiger partial charge in [-0.15, -0.1) is 11.3 Å². The minimum Gasteiger partial charge on any atom is -0.458 e. The van der Waals surface area contributed by atoms with E-state index in [0.29, 0.717) is 10.8 Å². The fraction of sp³-hybridized carbons (Fsp3) is 0.214. The number of hydrogen-bond donors (Lipinski definition) is 1. The number of para-hydroxylation sites is 1. The maximum absolute atomic E-state index is 10.3. The van der Waals surface area contributed by atoms with Crippen LogP contribution in [-0.4, -0.2) is 10.1 Å². The Labute approximate surface area is 109 Å². The van der Waals surface area contributed by atoms with Crippen LogP contribution < -0.4 is 0 Å². The summed E-state index contributed by atoms with van der Waals surface area (Å²) in [5.74, 6) is 0.550. The second kappa shape index (κ2) is 4.23. The van der Waals surface area contributed by atoms with E-state index in [1.165, 1.54) is 11.3 Å². The number of furan rings is 1. The first kappa shape index (κ1) is 11.4. The number of aromatic nitrogens is 1. The van der Waals surface area contributed by atoms with Crippen LogP contribution >= 0.6 is 11.3 Å². The minimum absolute atomic E-state index is 0.550. The molecule has 1 unspecified atom stereocenters. The van der Waals surface area contributed by atoms with Gasteiger partial charge in [0.25, 0.3) is 0 Å². The van der Waals surface area contributed by atoms with Gasteiger partial charge in [0, 0.05) is 16.5 Å². The van der Waals surface area contributed by atoms with E-state index in [1.54, 1.807) is 0 Å². The summed E-state index contributed by atoms with van der Waals surface area (Å²) in [6, 6.07) is 7.84. The number of thiazole rings is 1. The van der Waals surface area contributed by atoms with Gasteiger partial charge in [0.2, 0.25) is 0 Å². The maximum Gasteiger partial charge on any atom is 0.163 e. The van der Waals surface area contributed by atoms with Crippen molar-refractivity contribution in [2.75, 3.05) is 0 Å². The molecule has 1 N–H and O–H groups in total. The third-order valence-electron chi connectivity index (χ3n) is 2.90. The number of rotatable bonds is 2. The summed E-state index contributed by atoms with van der Waals surface area (Å²) < 4.78 is 5.74. The van der Waals surface area contributed by atoms with E-state index in [9.17, 15) is 5.11 Å². The lowest BCUT2D eigenvalue weighted by Gasteiger charge is -2.02. The minimum atomic E-state index is -0.782. The van der Waals surface area contributed by atoms with Crippen molar-refractivity contribution in [1.29, 1.82) is 0 Å². The van der Waals surface area contributed by atoms with E-state index in [0.717, 1.165) is 22.2 Å². The molecule has 92 valence electrons. The van der Waals surface area contributed by atoms with Crippen LogP contribution in [0.15, 0.2) is 34.1 Å². The fourth-order valence-corrected chi connectivity index (χ4v) is 2.77. The largest absolute Gasteiger partial charge is 0.458 e. The first-order valence-electron chi connectivity index (χ1n) is 5.74. The standard InChI is InChI=1S/C14H13NO2S/c1-8-4-3-5-10-6-11(17-13(8)10)12(16)14-15-9(2)7-18-14/h3-7,12,16H,1-2H3. The van der Waals surface area contributed by atoms with Gasteiger partial charge in [0.05, 0.1) is 0 Å². The molecule has 0 fully saturated rings. The van der Waals surface area contributed by atoms with E-state index in [4.69, 9.17) is 4.42 Å². The number of aryl methyl sites for hydroxylation is 2. The average molecular weight is 259 g/mol. The van der Waals surface area contributed by atoms with Crippen molar-refractivity contribution in [2.24, 2.45) is 0 Å². The van der Waals surface area contributed by atoms with Gasteiger partial charge in [-0.25, -0.2) is 4.98 Å². The average Bonchev–Trinajstić information content (AvgIpc) is 2.95. The summed E-state index contributed by atoms with van der Waals surface area (Å²) >= 11 is 1.45. The van der Waals surface area contributed by atoms with Gasteiger partial charge in [-0.1, -0.05) is 18.2 Å². The molecule has 1 aromatic carbocycles. The molecule has 0 spiro atoms. The molecule has 0 amide bonds. The number of hydrogen-bond acceptors (Lipinski definition) is 4. The number of aliphatic hydroxyl groups excluding tert-OH is 1. The third-order valence-corrected chi connectivity index (χ3v) is 3.92. The van der Waals surface area contributed by atoms with Crippen LogP contribution in [0, 0.1) is 13.8 Å². The summed E-state index contributed by atoms with van der Waals surface area (Å²) in [4.78, 5) is 4.29. The summed E-state index contributed by atoms with van der Waals surface area (Å²) in [7, 11) is 0. The van der Waals surface area contributed by atoms with Gasteiger partial charge in [-0.2, -0.15) is 0 Å². The van der Waals surface area contributed by atoms with Crippen LogP contribution in [0.5, 0.6) is 0 Å². The topological polar surface area (TPSA) is 46.3 Å². The highest BCUT2D eigenvalue weighted by molar-refractivity contribution is 7.09. The van der Waals surface area contributed by atoms with Gasteiger partial charge in [0.1, 0.15) is 16.4 Å². The number of nitrogens with zero attached hydrogens (tertiary/aromatic N) is 1. The van der Waals surface area contributed by atoms with Crippen LogP contribution in [0.25, 0.3) is 11.0 Å². The molecule has 0 radical (unpaired) electrons. The fourth-order valence-electron chi connectivity index (χ4n) is 1.98. The lowest BCUT2D eigenvalue weighted by molar-refractivity contribution is 0.191. The highest BCUT2D eigenvalue weighted by Crippen LogP contribution is 2.30. The van der Waals surface area contributed by atoms with Crippen LogP contribution in [0.2, 0.25) is 0 Å². The van der Waals surface area contributed by atoms with Crippen molar-refractivity contribution in [3.8, 4) is 0 Å². The van der Waals surface area contributed by atoms with Gasteiger partial charge in [-0.05, 0) is 25.5 Å². The molecular formula is C14H13NO2S. The Morgan fingerprint density at radius 3 is 2.83 bits per heavy atom. The van der Waals surface area contributed by atoms with Crippen molar-refractivity contribution in [1.82, 2.24) is 4.98 Å². The summed E-state index contributed by atoms with van der Waals surface area (Å²) in [6.07, 6.45) is -0.782. The Bertz CT molecular complexity index is 699. The Balaban J connectivity index is 2.06. The summed E-state index contributed by atoms with van der Waals surface area (Å²) in [5.41, 5.74) is 2.82. The van der Waals surface area contributed by atoms with Crippen molar-refractivity contribution >= 4 is 22.3 Å². The summed E-state index contributed by atoms with van der Waals surface area (Å²) in [6.45, 7) is 3.91. The molecule has 0 bridgehead atoms. The van der Waals surface area contributed by atoms with E-state index < -0.39 is 6.10 Å². The number of benzene rings is 1. The van der Waals surface area contributed by atoms with Crippen LogP contribution in [0.3, 0.4) is 0 Å². The Hall–Kier alpha value is -1.65. The molecule has 0 aliphatic heterocycles.